The number of rotatable bonds is 5. The second kappa shape index (κ2) is 9.91. The maximum absolute atomic E-state index is 4.95. The van der Waals surface area contributed by atoms with Crippen molar-refractivity contribution in [3.63, 3.8) is 0 Å². The minimum Gasteiger partial charge on any atom is -0.353 e. The van der Waals surface area contributed by atoms with Gasteiger partial charge in [0.05, 0.1) is 0 Å². The van der Waals surface area contributed by atoms with Crippen LogP contribution in [0.3, 0.4) is 0 Å². The smallest absolute Gasteiger partial charge is 0.194 e. The average molecular weight is 508 g/mol. The van der Waals surface area contributed by atoms with E-state index in [0.29, 0.717) is 24.4 Å². The summed E-state index contributed by atoms with van der Waals surface area (Å²) < 4.78 is 2.02. The fourth-order valence-corrected chi connectivity index (χ4v) is 4.16. The summed E-state index contributed by atoms with van der Waals surface area (Å²) in [6.07, 6.45) is 4.87. The molecule has 0 bridgehead atoms. The van der Waals surface area contributed by atoms with Crippen molar-refractivity contribution in [2.45, 2.75) is 58.0 Å². The molecule has 1 aliphatic heterocycles. The second-order valence-corrected chi connectivity index (χ2v) is 8.20. The lowest BCUT2D eigenvalue weighted by Crippen LogP contribution is -2.49. The Labute approximate surface area is 191 Å². The van der Waals surface area contributed by atoms with Crippen LogP contribution < -0.4 is 5.32 Å². The van der Waals surface area contributed by atoms with E-state index in [1.54, 1.807) is 0 Å². The molecule has 1 saturated carbocycles. The Hall–Kier alpha value is -1.64. The number of aliphatic imine (C=N–C) groups is 1. The van der Waals surface area contributed by atoms with Crippen molar-refractivity contribution in [3.05, 3.63) is 47.5 Å². The zero-order valence-corrected chi connectivity index (χ0v) is 20.0. The molecule has 7 heteroatoms. The average Bonchev–Trinajstić information content (AvgIpc) is 3.50. The SMILES string of the molecule is CCC1CN(C(=NCc2nnc(C)n2C)NC2CC2)CCC1c1ccccc1.I. The number of aryl methyl sites for hydroxylation is 1. The molecule has 2 aromatic rings. The molecule has 1 saturated heterocycles. The topological polar surface area (TPSA) is 58.3 Å². The number of guanidine groups is 1. The molecule has 0 radical (unpaired) electrons. The third kappa shape index (κ3) is 5.29. The molecule has 1 N–H and O–H groups in total. The van der Waals surface area contributed by atoms with E-state index in [2.05, 4.69) is 57.7 Å². The lowest BCUT2D eigenvalue weighted by Gasteiger charge is -2.40. The van der Waals surface area contributed by atoms with Crippen LogP contribution in [0.4, 0.5) is 0 Å². The van der Waals surface area contributed by atoms with Gasteiger partial charge < -0.3 is 14.8 Å². The molecule has 2 fully saturated rings. The summed E-state index contributed by atoms with van der Waals surface area (Å²) in [5, 5.41) is 12.1. The highest BCUT2D eigenvalue weighted by Crippen LogP contribution is 2.35. The van der Waals surface area contributed by atoms with E-state index in [0.717, 1.165) is 30.7 Å². The number of nitrogens with one attached hydrogen (secondary N) is 1. The maximum atomic E-state index is 4.95. The monoisotopic (exact) mass is 508 g/mol. The van der Waals surface area contributed by atoms with Crippen LogP contribution in [0.2, 0.25) is 0 Å². The van der Waals surface area contributed by atoms with Gasteiger partial charge in [0, 0.05) is 26.2 Å². The van der Waals surface area contributed by atoms with Crippen molar-refractivity contribution in [3.8, 4) is 0 Å². The van der Waals surface area contributed by atoms with Gasteiger partial charge >= 0.3 is 0 Å². The molecule has 1 aliphatic carbocycles. The fraction of sp³-hybridized carbons (Fsp3) is 0.591. The minimum absolute atomic E-state index is 0. The Balaban J connectivity index is 0.00000240. The molecule has 1 aromatic carbocycles. The van der Waals surface area contributed by atoms with Gasteiger partial charge in [0.15, 0.2) is 11.8 Å². The van der Waals surface area contributed by atoms with Gasteiger partial charge in [-0.2, -0.15) is 0 Å². The van der Waals surface area contributed by atoms with Gasteiger partial charge in [-0.25, -0.2) is 4.99 Å². The fourth-order valence-electron chi connectivity index (χ4n) is 4.16. The summed E-state index contributed by atoms with van der Waals surface area (Å²) in [6.45, 7) is 6.97. The summed E-state index contributed by atoms with van der Waals surface area (Å²) in [7, 11) is 2.01. The standard InChI is InChI=1S/C22H32N6.HI/c1-4-17-15-28(13-12-20(17)18-8-6-5-7-9-18)22(24-19-10-11-19)23-14-21-26-25-16(2)27(21)3;/h5-9,17,19-20H,4,10-15H2,1-3H3,(H,23,24);1H. The number of piperidine rings is 1. The van der Waals surface area contributed by atoms with Gasteiger partial charge in [-0.05, 0) is 43.6 Å². The summed E-state index contributed by atoms with van der Waals surface area (Å²) in [6, 6.07) is 11.6. The summed E-state index contributed by atoms with van der Waals surface area (Å²) >= 11 is 0. The Bertz CT molecular complexity index is 814. The molecule has 2 heterocycles. The Morgan fingerprint density at radius 3 is 2.55 bits per heavy atom. The van der Waals surface area contributed by atoms with Crippen molar-refractivity contribution in [1.29, 1.82) is 0 Å². The highest BCUT2D eigenvalue weighted by Gasteiger charge is 2.32. The molecule has 158 valence electrons. The predicted molar refractivity (Wildman–Crippen MR) is 128 cm³/mol. The highest BCUT2D eigenvalue weighted by molar-refractivity contribution is 14.0. The number of hydrogen-bond donors (Lipinski definition) is 1. The normalized spacial score (nSPS) is 22.3. The number of hydrogen-bond acceptors (Lipinski definition) is 3. The summed E-state index contributed by atoms with van der Waals surface area (Å²) in [5.74, 6) is 4.19. The number of aromatic nitrogens is 3. The van der Waals surface area contributed by atoms with E-state index in [1.165, 1.54) is 31.2 Å². The van der Waals surface area contributed by atoms with E-state index in [-0.39, 0.29) is 24.0 Å². The Kier molecular flexibility index (Phi) is 7.54. The number of benzene rings is 1. The van der Waals surface area contributed by atoms with Crippen molar-refractivity contribution in [2.24, 2.45) is 18.0 Å². The van der Waals surface area contributed by atoms with Gasteiger partial charge in [0.1, 0.15) is 12.4 Å². The van der Waals surface area contributed by atoms with E-state index in [1.807, 2.05) is 18.5 Å². The van der Waals surface area contributed by atoms with Gasteiger partial charge in [-0.1, -0.05) is 43.7 Å². The third-order valence-corrected chi connectivity index (χ3v) is 6.25. The molecule has 2 aliphatic rings. The van der Waals surface area contributed by atoms with Crippen LogP contribution in [0.1, 0.15) is 55.7 Å². The van der Waals surface area contributed by atoms with Gasteiger partial charge in [0.25, 0.3) is 0 Å². The maximum Gasteiger partial charge on any atom is 0.194 e. The molecule has 1 aromatic heterocycles. The molecule has 0 spiro atoms. The predicted octanol–water partition coefficient (Wildman–Crippen LogP) is 3.87. The number of halogens is 1. The van der Waals surface area contributed by atoms with Gasteiger partial charge in [-0.3, -0.25) is 0 Å². The van der Waals surface area contributed by atoms with E-state index in [9.17, 15) is 0 Å². The van der Waals surface area contributed by atoms with Crippen LogP contribution in [0.5, 0.6) is 0 Å². The largest absolute Gasteiger partial charge is 0.353 e. The van der Waals surface area contributed by atoms with Crippen LogP contribution >= 0.6 is 24.0 Å². The van der Waals surface area contributed by atoms with Crippen molar-refractivity contribution >= 4 is 29.9 Å². The van der Waals surface area contributed by atoms with Gasteiger partial charge in [0.2, 0.25) is 0 Å². The summed E-state index contributed by atoms with van der Waals surface area (Å²) in [5.41, 5.74) is 1.48. The quantitative estimate of drug-likeness (QED) is 0.379. The second-order valence-electron chi connectivity index (χ2n) is 8.20. The lowest BCUT2D eigenvalue weighted by molar-refractivity contribution is 0.215. The zero-order valence-electron chi connectivity index (χ0n) is 17.7. The highest BCUT2D eigenvalue weighted by atomic mass is 127. The molecule has 4 rings (SSSR count). The molecule has 29 heavy (non-hydrogen) atoms. The molecular formula is C22H33IN6. The molecule has 6 nitrogen and oxygen atoms in total. The molecule has 2 atom stereocenters. The molecular weight excluding hydrogens is 475 g/mol. The summed E-state index contributed by atoms with van der Waals surface area (Å²) in [4.78, 5) is 7.41. The minimum atomic E-state index is 0. The van der Waals surface area contributed by atoms with Crippen LogP contribution in [0.25, 0.3) is 0 Å². The number of likely N-dealkylation sites (tertiary alicyclic amines) is 1. The lowest BCUT2D eigenvalue weighted by atomic mass is 9.79. The first-order chi connectivity index (χ1) is 13.7. The van der Waals surface area contributed by atoms with E-state index >= 15 is 0 Å². The van der Waals surface area contributed by atoms with Gasteiger partial charge in [-0.15, -0.1) is 34.2 Å². The first-order valence-corrected chi connectivity index (χ1v) is 10.6. The van der Waals surface area contributed by atoms with Crippen LogP contribution in [0, 0.1) is 12.8 Å². The number of nitrogens with zero attached hydrogens (tertiary/aromatic N) is 5. The van der Waals surface area contributed by atoms with Crippen LogP contribution in [-0.2, 0) is 13.6 Å². The third-order valence-electron chi connectivity index (χ3n) is 6.25. The first-order valence-electron chi connectivity index (χ1n) is 10.6. The molecule has 2 unspecified atom stereocenters. The Morgan fingerprint density at radius 1 is 1.17 bits per heavy atom. The zero-order chi connectivity index (χ0) is 19.5. The van der Waals surface area contributed by atoms with Crippen molar-refractivity contribution in [1.82, 2.24) is 25.0 Å². The van der Waals surface area contributed by atoms with Crippen molar-refractivity contribution < 1.29 is 0 Å². The van der Waals surface area contributed by atoms with Crippen LogP contribution in [0.15, 0.2) is 35.3 Å². The first kappa shape index (κ1) is 22.1. The van der Waals surface area contributed by atoms with E-state index in [4.69, 9.17) is 4.99 Å². The molecule has 0 amide bonds. The van der Waals surface area contributed by atoms with Crippen LogP contribution in [-0.4, -0.2) is 44.8 Å². The van der Waals surface area contributed by atoms with Crippen molar-refractivity contribution in [2.75, 3.05) is 13.1 Å². The van der Waals surface area contributed by atoms with E-state index < -0.39 is 0 Å². The Morgan fingerprint density at radius 2 is 1.93 bits per heavy atom.